The minimum atomic E-state index is -3.85. The lowest BCUT2D eigenvalue weighted by molar-refractivity contribution is -0.137. The van der Waals surface area contributed by atoms with E-state index in [2.05, 4.69) is 15.6 Å². The first-order chi connectivity index (χ1) is 11.9. The molecule has 1 aliphatic carbocycles. The topological polar surface area (TPSA) is 120 Å². The Balaban J connectivity index is 3.09. The Morgan fingerprint density at radius 1 is 1.12 bits per heavy atom. The number of hydrogen-bond donors (Lipinski definition) is 2. The first-order valence-corrected chi connectivity index (χ1v) is 10.4. The maximum absolute atomic E-state index is 12.4. The quantitative estimate of drug-likeness (QED) is 0.496. The van der Waals surface area contributed by atoms with E-state index in [9.17, 15) is 18.0 Å². The molecule has 1 rings (SSSR count). The molecular weight excluding hydrogens is 364 g/mol. The zero-order valence-corrected chi connectivity index (χ0v) is 16.9. The van der Waals surface area contributed by atoms with Crippen molar-refractivity contribution in [2.45, 2.75) is 70.6 Å². The van der Waals surface area contributed by atoms with Gasteiger partial charge in [-0.1, -0.05) is 19.3 Å². The molecule has 0 aromatic heterocycles. The van der Waals surface area contributed by atoms with Crippen LogP contribution in [0.25, 0.3) is 0 Å². The van der Waals surface area contributed by atoms with Crippen LogP contribution in [0.5, 0.6) is 0 Å². The molecule has 10 heteroatoms. The molecule has 9 nitrogen and oxygen atoms in total. The van der Waals surface area contributed by atoms with Crippen molar-refractivity contribution in [2.24, 2.45) is 5.92 Å². The maximum Gasteiger partial charge on any atom is 0.408 e. The van der Waals surface area contributed by atoms with E-state index < -0.39 is 39.9 Å². The fourth-order valence-electron chi connectivity index (χ4n) is 2.97. The number of carbonyl (C=O) groups excluding carboxylic acids is 2. The number of ether oxygens (including phenoxy) is 1. The van der Waals surface area contributed by atoms with Gasteiger partial charge in [0.2, 0.25) is 0 Å². The monoisotopic (exact) mass is 394 g/mol. The molecule has 2 atom stereocenters. The van der Waals surface area contributed by atoms with Gasteiger partial charge in [0.15, 0.2) is 0 Å². The highest BCUT2D eigenvalue weighted by atomic mass is 32.2. The van der Waals surface area contributed by atoms with E-state index in [4.69, 9.17) is 8.92 Å². The third-order valence-corrected chi connectivity index (χ3v) is 4.46. The maximum atomic E-state index is 12.4. The fraction of sp³-hybridized carbons (Fsp3) is 0.875. The van der Waals surface area contributed by atoms with Gasteiger partial charge in [-0.05, 0) is 39.5 Å². The Labute approximate surface area is 155 Å². The van der Waals surface area contributed by atoms with E-state index in [-0.39, 0.29) is 5.92 Å². The molecular formula is C16H30N2O7S. The third kappa shape index (κ3) is 8.33. The van der Waals surface area contributed by atoms with Crippen molar-refractivity contribution in [1.29, 1.82) is 0 Å². The van der Waals surface area contributed by atoms with Gasteiger partial charge in [0.25, 0.3) is 16.0 Å². The summed E-state index contributed by atoms with van der Waals surface area (Å²) >= 11 is 0. The zero-order chi connectivity index (χ0) is 20.0. The van der Waals surface area contributed by atoms with E-state index in [1.54, 1.807) is 20.8 Å². The largest absolute Gasteiger partial charge is 0.444 e. The summed E-state index contributed by atoms with van der Waals surface area (Å²) in [6.45, 7) is 5.05. The van der Waals surface area contributed by atoms with Crippen molar-refractivity contribution in [1.82, 2.24) is 10.8 Å². The second kappa shape index (κ2) is 9.52. The lowest BCUT2D eigenvalue weighted by Crippen LogP contribution is -2.57. The van der Waals surface area contributed by atoms with Gasteiger partial charge in [0.1, 0.15) is 17.7 Å². The number of hydroxylamine groups is 1. The van der Waals surface area contributed by atoms with Gasteiger partial charge in [0, 0.05) is 0 Å². The van der Waals surface area contributed by atoms with Gasteiger partial charge < -0.3 is 10.1 Å². The predicted molar refractivity (Wildman–Crippen MR) is 94.6 cm³/mol. The van der Waals surface area contributed by atoms with E-state index in [1.165, 1.54) is 7.11 Å². The summed E-state index contributed by atoms with van der Waals surface area (Å²) in [7, 11) is -2.60. The normalized spacial score (nSPS) is 18.7. The standard InChI is InChI=1S/C16H30N2O7S/c1-16(2,3)24-15(20)17-12(14(19)18-23-4)13(25-26(5,21)22)11-9-7-6-8-10-11/h11-13H,6-10H2,1-5H3,(H,17,20)(H,18,19). The highest BCUT2D eigenvalue weighted by Gasteiger charge is 2.40. The van der Waals surface area contributed by atoms with Crippen LogP contribution in [-0.4, -0.2) is 51.5 Å². The minimum Gasteiger partial charge on any atom is -0.444 e. The van der Waals surface area contributed by atoms with Crippen LogP contribution < -0.4 is 10.8 Å². The molecule has 1 fully saturated rings. The molecule has 2 amide bonds. The van der Waals surface area contributed by atoms with Crippen molar-refractivity contribution >= 4 is 22.1 Å². The summed E-state index contributed by atoms with van der Waals surface area (Å²) in [5, 5.41) is 2.44. The van der Waals surface area contributed by atoms with Gasteiger partial charge in [-0.15, -0.1) is 0 Å². The minimum absolute atomic E-state index is 0.194. The number of rotatable bonds is 7. The zero-order valence-electron chi connectivity index (χ0n) is 16.0. The summed E-state index contributed by atoms with van der Waals surface area (Å²) in [6.07, 6.45) is 3.27. The third-order valence-electron chi connectivity index (χ3n) is 3.89. The number of amides is 2. The van der Waals surface area contributed by atoms with Crippen LogP contribution in [0, 0.1) is 5.92 Å². The van der Waals surface area contributed by atoms with Gasteiger partial charge in [-0.3, -0.25) is 13.8 Å². The number of nitrogens with one attached hydrogen (secondary N) is 2. The van der Waals surface area contributed by atoms with E-state index in [1.807, 2.05) is 0 Å². The summed E-state index contributed by atoms with van der Waals surface area (Å²) in [4.78, 5) is 29.2. The van der Waals surface area contributed by atoms with Crippen molar-refractivity contribution < 1.29 is 31.8 Å². The first kappa shape index (κ1) is 22.7. The molecule has 152 valence electrons. The molecule has 1 saturated carbocycles. The molecule has 2 unspecified atom stereocenters. The Hall–Kier alpha value is -1.39. The molecule has 0 aromatic carbocycles. The Bertz CT molecular complexity index is 580. The second-order valence-electron chi connectivity index (χ2n) is 7.46. The molecule has 1 aliphatic rings. The number of alkyl carbamates (subject to hydrolysis) is 1. The smallest absolute Gasteiger partial charge is 0.408 e. The molecule has 0 saturated heterocycles. The van der Waals surface area contributed by atoms with Crippen molar-refractivity contribution in [2.75, 3.05) is 13.4 Å². The summed E-state index contributed by atoms with van der Waals surface area (Å²) in [6, 6.07) is -1.28. The van der Waals surface area contributed by atoms with E-state index in [0.717, 1.165) is 25.5 Å². The van der Waals surface area contributed by atoms with Crippen LogP contribution in [0.15, 0.2) is 0 Å². The Morgan fingerprint density at radius 3 is 2.15 bits per heavy atom. The molecule has 0 spiro atoms. The van der Waals surface area contributed by atoms with Crippen LogP contribution >= 0.6 is 0 Å². The highest BCUT2D eigenvalue weighted by molar-refractivity contribution is 7.86. The summed E-state index contributed by atoms with van der Waals surface area (Å²) < 4.78 is 33.9. The van der Waals surface area contributed by atoms with Crippen LogP contribution in [0.4, 0.5) is 4.79 Å². The van der Waals surface area contributed by atoms with Gasteiger partial charge >= 0.3 is 6.09 Å². The predicted octanol–water partition coefficient (Wildman–Crippen LogP) is 1.48. The average Bonchev–Trinajstić information content (AvgIpc) is 2.49. The van der Waals surface area contributed by atoms with Crippen molar-refractivity contribution in [3.05, 3.63) is 0 Å². The number of carbonyl (C=O) groups is 2. The van der Waals surface area contributed by atoms with Crippen LogP contribution in [0.1, 0.15) is 52.9 Å². The van der Waals surface area contributed by atoms with Gasteiger partial charge in [-0.25, -0.2) is 10.3 Å². The van der Waals surface area contributed by atoms with Crippen LogP contribution in [-0.2, 0) is 28.7 Å². The van der Waals surface area contributed by atoms with Crippen molar-refractivity contribution in [3.63, 3.8) is 0 Å². The molecule has 0 aliphatic heterocycles. The SMILES string of the molecule is CONC(=O)C(NC(=O)OC(C)(C)C)C(OS(C)(=O)=O)C1CCCCC1. The summed E-state index contributed by atoms with van der Waals surface area (Å²) in [5.74, 6) is -0.904. The molecule has 2 N–H and O–H groups in total. The molecule has 0 aromatic rings. The fourth-order valence-corrected chi connectivity index (χ4v) is 3.64. The lowest BCUT2D eigenvalue weighted by atomic mass is 9.82. The van der Waals surface area contributed by atoms with Crippen molar-refractivity contribution in [3.8, 4) is 0 Å². The van der Waals surface area contributed by atoms with Crippen LogP contribution in [0.3, 0.4) is 0 Å². The lowest BCUT2D eigenvalue weighted by Gasteiger charge is -2.34. The molecule has 0 radical (unpaired) electrons. The Morgan fingerprint density at radius 2 is 1.69 bits per heavy atom. The van der Waals surface area contributed by atoms with E-state index >= 15 is 0 Å². The average molecular weight is 394 g/mol. The summed E-state index contributed by atoms with van der Waals surface area (Å²) in [5.41, 5.74) is 1.36. The highest BCUT2D eigenvalue weighted by Crippen LogP contribution is 2.30. The van der Waals surface area contributed by atoms with Gasteiger partial charge in [0.05, 0.1) is 13.4 Å². The first-order valence-electron chi connectivity index (χ1n) is 8.63. The molecule has 0 bridgehead atoms. The van der Waals surface area contributed by atoms with Crippen LogP contribution in [0.2, 0.25) is 0 Å². The second-order valence-corrected chi connectivity index (χ2v) is 9.06. The Kier molecular flexibility index (Phi) is 8.29. The molecule has 0 heterocycles. The number of hydrogen-bond acceptors (Lipinski definition) is 7. The van der Waals surface area contributed by atoms with E-state index in [0.29, 0.717) is 12.8 Å². The molecule has 26 heavy (non-hydrogen) atoms. The van der Waals surface area contributed by atoms with Gasteiger partial charge in [-0.2, -0.15) is 8.42 Å².